The van der Waals surface area contributed by atoms with Gasteiger partial charge < -0.3 is 24.8 Å². The average molecular weight is 383 g/mol. The van der Waals surface area contributed by atoms with Crippen molar-refractivity contribution in [2.24, 2.45) is 4.99 Å². The third-order valence-electron chi connectivity index (χ3n) is 4.42. The van der Waals surface area contributed by atoms with E-state index in [1.807, 2.05) is 37.3 Å². The number of hydrogen-bond acceptors (Lipinski definition) is 4. The molecule has 0 saturated heterocycles. The number of rotatable bonds is 7. The molecule has 2 N–H and O–H groups in total. The van der Waals surface area contributed by atoms with Crippen molar-refractivity contribution in [2.45, 2.75) is 26.8 Å². The number of anilines is 1. The summed E-state index contributed by atoms with van der Waals surface area (Å²) < 4.78 is 16.9. The molecule has 0 radical (unpaired) electrons. The fourth-order valence-corrected chi connectivity index (χ4v) is 2.86. The standard InChI is InChI=1S/C22H29N3O3/c1-3-26-14-11-23-22(24-16-18-8-5-4-7-17(18)2)25-19-9-10-20-21(15-19)28-13-6-12-27-20/h4-5,7-10,15H,3,6,11-14,16H2,1-2H3,(H2,23,24,25). The van der Waals surface area contributed by atoms with Gasteiger partial charge in [-0.1, -0.05) is 24.3 Å². The summed E-state index contributed by atoms with van der Waals surface area (Å²) in [7, 11) is 0. The van der Waals surface area contributed by atoms with E-state index in [0.717, 1.165) is 23.6 Å². The van der Waals surface area contributed by atoms with Crippen molar-refractivity contribution in [1.82, 2.24) is 5.32 Å². The third kappa shape index (κ3) is 5.89. The Labute approximate surface area is 166 Å². The van der Waals surface area contributed by atoms with Crippen LogP contribution in [0.5, 0.6) is 11.5 Å². The molecule has 0 saturated carbocycles. The predicted molar refractivity (Wildman–Crippen MR) is 112 cm³/mol. The van der Waals surface area contributed by atoms with Crippen LogP contribution in [0.25, 0.3) is 0 Å². The minimum Gasteiger partial charge on any atom is -0.490 e. The Hall–Kier alpha value is -2.73. The molecule has 28 heavy (non-hydrogen) atoms. The van der Waals surface area contributed by atoms with Crippen LogP contribution >= 0.6 is 0 Å². The quantitative estimate of drug-likeness (QED) is 0.433. The zero-order valence-corrected chi connectivity index (χ0v) is 16.7. The second kappa shape index (κ2) is 10.6. The minimum atomic E-state index is 0.598. The first-order valence-corrected chi connectivity index (χ1v) is 9.83. The van der Waals surface area contributed by atoms with Gasteiger partial charge in [0.25, 0.3) is 0 Å². The number of guanidine groups is 1. The van der Waals surface area contributed by atoms with Gasteiger partial charge in [0, 0.05) is 31.3 Å². The summed E-state index contributed by atoms with van der Waals surface area (Å²) in [6.07, 6.45) is 0.888. The molecule has 0 atom stereocenters. The number of nitrogens with zero attached hydrogens (tertiary/aromatic N) is 1. The molecule has 150 valence electrons. The highest BCUT2D eigenvalue weighted by atomic mass is 16.5. The lowest BCUT2D eigenvalue weighted by atomic mass is 10.1. The van der Waals surface area contributed by atoms with Crippen molar-refractivity contribution in [1.29, 1.82) is 0 Å². The van der Waals surface area contributed by atoms with Crippen molar-refractivity contribution in [3.05, 3.63) is 53.6 Å². The summed E-state index contributed by atoms with van der Waals surface area (Å²) in [5, 5.41) is 6.69. The summed E-state index contributed by atoms with van der Waals surface area (Å²) in [5.74, 6) is 2.25. The number of fused-ring (bicyclic) bond motifs is 1. The molecule has 1 heterocycles. The van der Waals surface area contributed by atoms with E-state index in [-0.39, 0.29) is 0 Å². The highest BCUT2D eigenvalue weighted by Crippen LogP contribution is 2.32. The van der Waals surface area contributed by atoms with Crippen molar-refractivity contribution in [3.8, 4) is 11.5 Å². The highest BCUT2D eigenvalue weighted by molar-refractivity contribution is 5.94. The van der Waals surface area contributed by atoms with Gasteiger partial charge in [-0.15, -0.1) is 0 Å². The Kier molecular flexibility index (Phi) is 7.55. The first-order valence-electron chi connectivity index (χ1n) is 9.83. The molecule has 2 aromatic carbocycles. The van der Waals surface area contributed by atoms with E-state index < -0.39 is 0 Å². The van der Waals surface area contributed by atoms with Crippen LogP contribution in [0.3, 0.4) is 0 Å². The van der Waals surface area contributed by atoms with Crippen LogP contribution in [0.1, 0.15) is 24.5 Å². The van der Waals surface area contributed by atoms with Crippen molar-refractivity contribution in [3.63, 3.8) is 0 Å². The molecular weight excluding hydrogens is 354 g/mol. The predicted octanol–water partition coefficient (Wildman–Crippen LogP) is 3.75. The number of ether oxygens (including phenoxy) is 3. The van der Waals surface area contributed by atoms with Gasteiger partial charge >= 0.3 is 0 Å². The van der Waals surface area contributed by atoms with Gasteiger partial charge in [0.15, 0.2) is 17.5 Å². The van der Waals surface area contributed by atoms with Gasteiger partial charge in [-0.2, -0.15) is 0 Å². The lowest BCUT2D eigenvalue weighted by Crippen LogP contribution is -2.33. The van der Waals surface area contributed by atoms with Gasteiger partial charge in [0.1, 0.15) is 0 Å². The minimum absolute atomic E-state index is 0.598. The zero-order chi connectivity index (χ0) is 19.6. The number of aryl methyl sites for hydroxylation is 1. The second-order valence-electron chi connectivity index (χ2n) is 6.55. The van der Waals surface area contributed by atoms with Crippen LogP contribution in [-0.2, 0) is 11.3 Å². The fourth-order valence-electron chi connectivity index (χ4n) is 2.86. The fraction of sp³-hybridized carbons (Fsp3) is 0.409. The molecule has 0 amide bonds. The molecule has 0 aliphatic carbocycles. The Balaban J connectivity index is 1.71. The Morgan fingerprint density at radius 2 is 1.93 bits per heavy atom. The molecule has 0 unspecified atom stereocenters. The Morgan fingerprint density at radius 1 is 1.11 bits per heavy atom. The van der Waals surface area contributed by atoms with E-state index in [1.165, 1.54) is 11.1 Å². The molecule has 0 bridgehead atoms. The van der Waals surface area contributed by atoms with E-state index in [2.05, 4.69) is 29.7 Å². The van der Waals surface area contributed by atoms with Gasteiger partial charge in [-0.3, -0.25) is 0 Å². The maximum absolute atomic E-state index is 5.78. The monoisotopic (exact) mass is 383 g/mol. The van der Waals surface area contributed by atoms with E-state index in [0.29, 0.717) is 45.5 Å². The number of nitrogens with one attached hydrogen (secondary N) is 2. The largest absolute Gasteiger partial charge is 0.490 e. The SMILES string of the molecule is CCOCCNC(=NCc1ccccc1C)Nc1ccc2c(c1)OCCCO2. The van der Waals surface area contributed by atoms with E-state index >= 15 is 0 Å². The molecular formula is C22H29N3O3. The van der Waals surface area contributed by atoms with Crippen molar-refractivity contribution >= 4 is 11.6 Å². The molecule has 6 heteroatoms. The molecule has 6 nitrogen and oxygen atoms in total. The summed E-state index contributed by atoms with van der Waals surface area (Å²) in [5.41, 5.74) is 3.33. The summed E-state index contributed by atoms with van der Waals surface area (Å²) in [4.78, 5) is 4.75. The second-order valence-corrected chi connectivity index (χ2v) is 6.55. The molecule has 0 fully saturated rings. The molecule has 1 aliphatic heterocycles. The molecule has 2 aromatic rings. The number of hydrogen-bond donors (Lipinski definition) is 2. The van der Waals surface area contributed by atoms with Gasteiger partial charge in [-0.05, 0) is 37.1 Å². The molecule has 0 aromatic heterocycles. The van der Waals surface area contributed by atoms with Crippen LogP contribution in [0.2, 0.25) is 0 Å². The molecule has 3 rings (SSSR count). The molecule has 0 spiro atoms. The van der Waals surface area contributed by atoms with E-state index in [4.69, 9.17) is 19.2 Å². The maximum Gasteiger partial charge on any atom is 0.196 e. The third-order valence-corrected chi connectivity index (χ3v) is 4.42. The molecule has 1 aliphatic rings. The number of benzene rings is 2. The van der Waals surface area contributed by atoms with Crippen LogP contribution in [0, 0.1) is 6.92 Å². The normalized spacial score (nSPS) is 13.7. The smallest absolute Gasteiger partial charge is 0.196 e. The topological polar surface area (TPSA) is 64.1 Å². The van der Waals surface area contributed by atoms with Crippen LogP contribution < -0.4 is 20.1 Å². The highest BCUT2D eigenvalue weighted by Gasteiger charge is 2.11. The van der Waals surface area contributed by atoms with E-state index in [1.54, 1.807) is 0 Å². The average Bonchev–Trinajstić information content (AvgIpc) is 2.95. The van der Waals surface area contributed by atoms with Gasteiger partial charge in [-0.25, -0.2) is 4.99 Å². The summed E-state index contributed by atoms with van der Waals surface area (Å²) in [6.45, 7) is 8.04. The van der Waals surface area contributed by atoms with Gasteiger partial charge in [0.05, 0.1) is 26.4 Å². The van der Waals surface area contributed by atoms with Gasteiger partial charge in [0.2, 0.25) is 0 Å². The van der Waals surface area contributed by atoms with Crippen LogP contribution in [0.4, 0.5) is 5.69 Å². The Morgan fingerprint density at radius 3 is 2.75 bits per heavy atom. The lowest BCUT2D eigenvalue weighted by molar-refractivity contribution is 0.152. The van der Waals surface area contributed by atoms with E-state index in [9.17, 15) is 0 Å². The van der Waals surface area contributed by atoms with Crippen LogP contribution in [0.15, 0.2) is 47.5 Å². The first kappa shape index (κ1) is 20.0. The van der Waals surface area contributed by atoms with Crippen molar-refractivity contribution in [2.75, 3.05) is 38.3 Å². The van der Waals surface area contributed by atoms with Crippen molar-refractivity contribution < 1.29 is 14.2 Å². The zero-order valence-electron chi connectivity index (χ0n) is 16.7. The summed E-state index contributed by atoms with van der Waals surface area (Å²) in [6, 6.07) is 14.1. The summed E-state index contributed by atoms with van der Waals surface area (Å²) >= 11 is 0. The maximum atomic E-state index is 5.78. The number of aliphatic imine (C=N–C) groups is 1. The Bertz CT molecular complexity index is 792. The lowest BCUT2D eigenvalue weighted by Gasteiger charge is -2.15. The van der Waals surface area contributed by atoms with Crippen LogP contribution in [-0.4, -0.2) is 38.9 Å². The first-order chi connectivity index (χ1) is 13.8.